The molecule has 0 N–H and O–H groups in total. The van der Waals surface area contributed by atoms with Gasteiger partial charge in [0.25, 0.3) is 5.56 Å². The minimum Gasteiger partial charge on any atom is -0.497 e. The minimum absolute atomic E-state index is 0.119. The molecule has 0 radical (unpaired) electrons. The average molecular weight is 396 g/mol. The van der Waals surface area contributed by atoms with E-state index >= 15 is 0 Å². The molecule has 0 aliphatic rings. The Hall–Kier alpha value is -2.64. The average Bonchev–Trinajstić information content (AvgIpc) is 3.15. The molecule has 2 aromatic carbocycles. The van der Waals surface area contributed by atoms with Gasteiger partial charge >= 0.3 is 0 Å². The molecule has 0 saturated carbocycles. The topological polar surface area (TPSA) is 57.0 Å². The largest absolute Gasteiger partial charge is 0.497 e. The van der Waals surface area contributed by atoms with Crippen LogP contribution >= 0.6 is 23.1 Å². The van der Waals surface area contributed by atoms with Gasteiger partial charge in [0, 0.05) is 5.56 Å². The third-order valence-corrected chi connectivity index (χ3v) is 6.14. The highest BCUT2D eigenvalue weighted by atomic mass is 32.2. The van der Waals surface area contributed by atoms with Crippen molar-refractivity contribution in [3.05, 3.63) is 70.5 Å². The molecule has 0 atom stereocenters. The quantitative estimate of drug-likeness (QED) is 0.472. The van der Waals surface area contributed by atoms with Gasteiger partial charge in [0.2, 0.25) is 0 Å². The van der Waals surface area contributed by atoms with E-state index in [0.717, 1.165) is 21.2 Å². The minimum atomic E-state index is -0.119. The summed E-state index contributed by atoms with van der Waals surface area (Å²) in [5.41, 5.74) is 2.21. The lowest BCUT2D eigenvalue weighted by atomic mass is 10.1. The normalized spacial score (nSPS) is 11.0. The summed E-state index contributed by atoms with van der Waals surface area (Å²) in [7, 11) is 1.64. The van der Waals surface area contributed by atoms with Crippen LogP contribution in [0.2, 0.25) is 0 Å². The highest BCUT2D eigenvalue weighted by molar-refractivity contribution is 8.00. The number of benzene rings is 2. The number of fused-ring (bicyclic) bond motifs is 1. The molecule has 4 aromatic rings. The van der Waals surface area contributed by atoms with Crippen LogP contribution in [0.15, 0.2) is 63.7 Å². The Morgan fingerprint density at radius 2 is 1.81 bits per heavy atom. The summed E-state index contributed by atoms with van der Waals surface area (Å²) in [5.74, 6) is 1.44. The van der Waals surface area contributed by atoms with Crippen LogP contribution in [0.3, 0.4) is 0 Å². The number of nitrogens with zero attached hydrogens (tertiary/aromatic N) is 3. The Balaban J connectivity index is 1.90. The highest BCUT2D eigenvalue weighted by Crippen LogP contribution is 2.27. The van der Waals surface area contributed by atoms with E-state index in [1.165, 1.54) is 23.1 Å². The van der Waals surface area contributed by atoms with E-state index in [2.05, 4.69) is 4.98 Å². The summed E-state index contributed by atoms with van der Waals surface area (Å²) < 4.78 is 7.76. The summed E-state index contributed by atoms with van der Waals surface area (Å²) >= 11 is 2.98. The molecule has 0 aliphatic carbocycles. The van der Waals surface area contributed by atoms with Crippen LogP contribution in [0.25, 0.3) is 21.7 Å². The van der Waals surface area contributed by atoms with Crippen molar-refractivity contribution < 1.29 is 4.74 Å². The Morgan fingerprint density at radius 3 is 2.48 bits per heavy atom. The standard InChI is InChI=1S/C20H17N3O2S2/c1-25-15-10-8-13(9-11-15)12-23-17(14-6-4-3-5-7-14)22-18-16(19(23)24)21-20(26-2)27-18/h3-11H,12H2,1-2H3. The van der Waals surface area contributed by atoms with Crippen LogP contribution in [0.5, 0.6) is 5.75 Å². The molecule has 27 heavy (non-hydrogen) atoms. The number of thiazole rings is 1. The van der Waals surface area contributed by atoms with Gasteiger partial charge < -0.3 is 4.74 Å². The van der Waals surface area contributed by atoms with Gasteiger partial charge in [-0.2, -0.15) is 0 Å². The van der Waals surface area contributed by atoms with Crippen molar-refractivity contribution >= 4 is 33.4 Å². The monoisotopic (exact) mass is 395 g/mol. The molecular weight excluding hydrogens is 378 g/mol. The van der Waals surface area contributed by atoms with Gasteiger partial charge in [0.1, 0.15) is 11.6 Å². The van der Waals surface area contributed by atoms with Crippen molar-refractivity contribution in [3.8, 4) is 17.1 Å². The third kappa shape index (κ3) is 3.48. The Labute approximate surface area is 164 Å². The fourth-order valence-electron chi connectivity index (χ4n) is 2.84. The van der Waals surface area contributed by atoms with Crippen LogP contribution in [0, 0.1) is 0 Å². The number of rotatable bonds is 5. The summed E-state index contributed by atoms with van der Waals surface area (Å²) in [5, 5.41) is 0. The molecule has 0 fully saturated rings. The van der Waals surface area contributed by atoms with Crippen molar-refractivity contribution in [2.45, 2.75) is 10.9 Å². The van der Waals surface area contributed by atoms with E-state index in [4.69, 9.17) is 9.72 Å². The highest BCUT2D eigenvalue weighted by Gasteiger charge is 2.17. The second-order valence-corrected chi connectivity index (χ2v) is 7.91. The zero-order valence-electron chi connectivity index (χ0n) is 14.9. The van der Waals surface area contributed by atoms with Gasteiger partial charge in [-0.25, -0.2) is 9.97 Å². The van der Waals surface area contributed by atoms with E-state index in [1.54, 1.807) is 11.7 Å². The molecule has 0 aliphatic heterocycles. The molecule has 2 aromatic heterocycles. The Morgan fingerprint density at radius 1 is 1.07 bits per heavy atom. The van der Waals surface area contributed by atoms with E-state index in [1.807, 2.05) is 60.9 Å². The van der Waals surface area contributed by atoms with Crippen LogP contribution < -0.4 is 10.3 Å². The molecule has 0 unspecified atom stereocenters. The summed E-state index contributed by atoms with van der Waals surface area (Å²) in [4.78, 5) is 23.1. The fourth-order valence-corrected chi connectivity index (χ4v) is 4.26. The maximum atomic E-state index is 13.2. The number of hydrogen-bond acceptors (Lipinski definition) is 6. The fraction of sp³-hybridized carbons (Fsp3) is 0.150. The van der Waals surface area contributed by atoms with Gasteiger partial charge in [-0.1, -0.05) is 65.6 Å². The van der Waals surface area contributed by atoms with E-state index < -0.39 is 0 Å². The first-order valence-corrected chi connectivity index (χ1v) is 10.4. The molecule has 0 spiro atoms. The van der Waals surface area contributed by atoms with Crippen LogP contribution in [0.1, 0.15) is 5.56 Å². The van der Waals surface area contributed by atoms with Gasteiger partial charge in [-0.3, -0.25) is 9.36 Å². The molecule has 136 valence electrons. The number of thioether (sulfide) groups is 1. The first kappa shape index (κ1) is 17.8. The number of ether oxygens (including phenoxy) is 1. The van der Waals surface area contributed by atoms with Crippen LogP contribution in [0.4, 0.5) is 0 Å². The first-order chi connectivity index (χ1) is 13.2. The van der Waals surface area contributed by atoms with Crippen molar-refractivity contribution in [1.82, 2.24) is 14.5 Å². The van der Waals surface area contributed by atoms with Gasteiger partial charge in [0.05, 0.1) is 13.7 Å². The zero-order valence-corrected chi connectivity index (χ0v) is 16.5. The maximum Gasteiger partial charge on any atom is 0.281 e. The second-order valence-electron chi connectivity index (χ2n) is 5.88. The predicted molar refractivity (Wildman–Crippen MR) is 111 cm³/mol. The molecule has 0 bridgehead atoms. The number of aromatic nitrogens is 3. The van der Waals surface area contributed by atoms with Crippen molar-refractivity contribution in [2.24, 2.45) is 0 Å². The summed E-state index contributed by atoms with van der Waals surface area (Å²) in [6.45, 7) is 0.419. The molecule has 7 heteroatoms. The lowest BCUT2D eigenvalue weighted by molar-refractivity contribution is 0.414. The smallest absolute Gasteiger partial charge is 0.281 e. The lowest BCUT2D eigenvalue weighted by Gasteiger charge is -2.12. The SMILES string of the molecule is COc1ccc(Cn2c(-c3ccccc3)nc3sc(SC)nc3c2=O)cc1. The molecule has 0 amide bonds. The Bertz CT molecular complexity index is 1140. The maximum absolute atomic E-state index is 13.2. The third-order valence-electron chi connectivity index (χ3n) is 4.21. The molecular formula is C20H17N3O2S2. The zero-order chi connectivity index (χ0) is 18.8. The van der Waals surface area contributed by atoms with Crippen LogP contribution in [-0.2, 0) is 6.54 Å². The molecule has 0 saturated heterocycles. The van der Waals surface area contributed by atoms with Crippen molar-refractivity contribution in [1.29, 1.82) is 0 Å². The van der Waals surface area contributed by atoms with E-state index in [0.29, 0.717) is 22.7 Å². The lowest BCUT2D eigenvalue weighted by Crippen LogP contribution is -2.24. The van der Waals surface area contributed by atoms with Gasteiger partial charge in [-0.05, 0) is 24.0 Å². The predicted octanol–water partition coefficient (Wildman–Crippen LogP) is 4.30. The van der Waals surface area contributed by atoms with Gasteiger partial charge in [0.15, 0.2) is 14.7 Å². The van der Waals surface area contributed by atoms with Crippen LogP contribution in [-0.4, -0.2) is 27.9 Å². The second kappa shape index (κ2) is 7.54. The first-order valence-electron chi connectivity index (χ1n) is 8.33. The van der Waals surface area contributed by atoms with Crippen molar-refractivity contribution in [3.63, 3.8) is 0 Å². The van der Waals surface area contributed by atoms with Gasteiger partial charge in [-0.15, -0.1) is 0 Å². The molecule has 5 nitrogen and oxygen atoms in total. The van der Waals surface area contributed by atoms with E-state index in [9.17, 15) is 4.79 Å². The number of methoxy groups -OCH3 is 1. The summed E-state index contributed by atoms with van der Waals surface area (Å²) in [6, 6.07) is 17.5. The number of hydrogen-bond donors (Lipinski definition) is 0. The Kier molecular flexibility index (Phi) is 4.96. The van der Waals surface area contributed by atoms with E-state index in [-0.39, 0.29) is 5.56 Å². The molecule has 2 heterocycles. The molecule has 4 rings (SSSR count). The summed E-state index contributed by atoms with van der Waals surface area (Å²) in [6.07, 6.45) is 1.95. The van der Waals surface area contributed by atoms with Crippen molar-refractivity contribution in [2.75, 3.05) is 13.4 Å².